The van der Waals surface area contributed by atoms with Crippen LogP contribution in [0.1, 0.15) is 35.6 Å². The Morgan fingerprint density at radius 3 is 2.41 bits per heavy atom. The molecule has 0 radical (unpaired) electrons. The van der Waals surface area contributed by atoms with Gasteiger partial charge in [-0.05, 0) is 60.2 Å². The van der Waals surface area contributed by atoms with Gasteiger partial charge in [0.2, 0.25) is 5.91 Å². The van der Waals surface area contributed by atoms with E-state index in [1.54, 1.807) is 6.08 Å². The first-order valence-corrected chi connectivity index (χ1v) is 11.0. The summed E-state index contributed by atoms with van der Waals surface area (Å²) in [6.45, 7) is 0. The van der Waals surface area contributed by atoms with E-state index < -0.39 is 0 Å². The number of carbonyl (C=O) groups excluding carboxylic acids is 2. The average Bonchev–Trinajstić information content (AvgIpc) is 2.84. The zero-order valence-corrected chi connectivity index (χ0v) is 18.2. The predicted octanol–water partition coefficient (Wildman–Crippen LogP) is 5.60. The summed E-state index contributed by atoms with van der Waals surface area (Å²) in [4.78, 5) is 26.6. The third-order valence-electron chi connectivity index (χ3n) is 5.94. The summed E-state index contributed by atoms with van der Waals surface area (Å²) in [6, 6.07) is 28.2. The predicted molar refractivity (Wildman–Crippen MR) is 127 cm³/mol. The van der Waals surface area contributed by atoms with Crippen LogP contribution in [0.4, 0.5) is 5.69 Å². The van der Waals surface area contributed by atoms with Crippen LogP contribution in [0.5, 0.6) is 0 Å². The molecule has 0 spiro atoms. The Kier molecular flexibility index (Phi) is 6.81. The van der Waals surface area contributed by atoms with Crippen LogP contribution in [-0.4, -0.2) is 19.0 Å². The highest BCUT2D eigenvalue weighted by atomic mass is 16.5. The first kappa shape index (κ1) is 21.6. The number of β-lactam (4-membered cyclic amide) rings is 1. The second-order valence-corrected chi connectivity index (χ2v) is 8.00. The molecule has 1 amide bonds. The molecule has 4 heteroatoms. The van der Waals surface area contributed by atoms with E-state index in [2.05, 4.69) is 36.4 Å². The number of nitrogens with zero attached hydrogens (tertiary/aromatic N) is 1. The van der Waals surface area contributed by atoms with Crippen LogP contribution in [0.2, 0.25) is 0 Å². The van der Waals surface area contributed by atoms with Gasteiger partial charge in [0.15, 0.2) is 0 Å². The smallest absolute Gasteiger partial charge is 0.330 e. The minimum Gasteiger partial charge on any atom is -0.466 e. The number of methoxy groups -OCH3 is 1. The molecule has 4 rings (SSSR count). The van der Waals surface area contributed by atoms with Gasteiger partial charge in [-0.1, -0.05) is 66.7 Å². The van der Waals surface area contributed by atoms with Crippen molar-refractivity contribution in [1.82, 2.24) is 0 Å². The molecule has 3 aromatic carbocycles. The summed E-state index contributed by atoms with van der Waals surface area (Å²) in [5.41, 5.74) is 4.19. The van der Waals surface area contributed by atoms with E-state index in [0.29, 0.717) is 0 Å². The van der Waals surface area contributed by atoms with Gasteiger partial charge in [0, 0.05) is 11.8 Å². The Hall–Kier alpha value is -3.66. The molecule has 1 saturated heterocycles. The molecule has 1 heterocycles. The molecule has 4 nitrogen and oxygen atoms in total. The van der Waals surface area contributed by atoms with Crippen LogP contribution in [-0.2, 0) is 20.7 Å². The minimum atomic E-state index is -0.390. The highest BCUT2D eigenvalue weighted by Gasteiger charge is 2.48. The van der Waals surface area contributed by atoms with Gasteiger partial charge in [-0.3, -0.25) is 4.79 Å². The average molecular weight is 426 g/mol. The van der Waals surface area contributed by atoms with Crippen LogP contribution in [0, 0.1) is 5.92 Å². The fraction of sp³-hybridized carbons (Fsp3) is 0.214. The third-order valence-corrected chi connectivity index (χ3v) is 5.94. The van der Waals surface area contributed by atoms with Gasteiger partial charge >= 0.3 is 5.97 Å². The zero-order valence-electron chi connectivity index (χ0n) is 18.2. The number of hydrogen-bond acceptors (Lipinski definition) is 3. The second kappa shape index (κ2) is 10.1. The van der Waals surface area contributed by atoms with Crippen LogP contribution >= 0.6 is 0 Å². The number of carbonyl (C=O) groups is 2. The van der Waals surface area contributed by atoms with E-state index in [1.165, 1.54) is 18.7 Å². The molecule has 1 fully saturated rings. The SMILES string of the molecule is COC(=O)C=Cc1cccc(C2C(CCCc3ccccc3)C(=O)N2c2ccccc2)c1. The summed E-state index contributed by atoms with van der Waals surface area (Å²) in [5, 5.41) is 0. The largest absolute Gasteiger partial charge is 0.466 e. The number of ether oxygens (including phenoxy) is 1. The van der Waals surface area contributed by atoms with Gasteiger partial charge < -0.3 is 9.64 Å². The lowest BCUT2D eigenvalue weighted by molar-refractivity contribution is -0.134. The van der Waals surface area contributed by atoms with Crippen molar-refractivity contribution in [2.45, 2.75) is 25.3 Å². The Morgan fingerprint density at radius 2 is 1.69 bits per heavy atom. The highest BCUT2D eigenvalue weighted by molar-refractivity contribution is 6.03. The van der Waals surface area contributed by atoms with Crippen LogP contribution < -0.4 is 4.90 Å². The third kappa shape index (κ3) is 4.80. The fourth-order valence-electron chi connectivity index (χ4n) is 4.34. The summed E-state index contributed by atoms with van der Waals surface area (Å²) < 4.78 is 4.69. The quantitative estimate of drug-likeness (QED) is 0.268. The lowest BCUT2D eigenvalue weighted by atomic mass is 9.78. The highest BCUT2D eigenvalue weighted by Crippen LogP contribution is 2.45. The maximum absolute atomic E-state index is 13.2. The van der Waals surface area contributed by atoms with E-state index in [-0.39, 0.29) is 23.8 Å². The Morgan fingerprint density at radius 1 is 0.969 bits per heavy atom. The van der Waals surface area contributed by atoms with Crippen molar-refractivity contribution in [2.24, 2.45) is 5.92 Å². The second-order valence-electron chi connectivity index (χ2n) is 8.00. The molecule has 1 aliphatic heterocycles. The van der Waals surface area contributed by atoms with Gasteiger partial charge in [0.25, 0.3) is 0 Å². The normalized spacial score (nSPS) is 17.9. The summed E-state index contributed by atoms with van der Waals surface area (Å²) in [5.74, 6) is -0.276. The van der Waals surface area contributed by atoms with Gasteiger partial charge in [-0.25, -0.2) is 4.79 Å². The molecular weight excluding hydrogens is 398 g/mol. The number of rotatable bonds is 8. The molecule has 0 aliphatic carbocycles. The zero-order chi connectivity index (χ0) is 22.3. The van der Waals surface area contributed by atoms with Gasteiger partial charge in [0.1, 0.15) is 0 Å². The minimum absolute atomic E-state index is 0.0212. The number of anilines is 1. The summed E-state index contributed by atoms with van der Waals surface area (Å²) in [6.07, 6.45) is 5.92. The van der Waals surface area contributed by atoms with Crippen molar-refractivity contribution in [3.8, 4) is 0 Å². The molecule has 0 N–H and O–H groups in total. The van der Waals surface area contributed by atoms with Crippen molar-refractivity contribution in [1.29, 1.82) is 0 Å². The summed E-state index contributed by atoms with van der Waals surface area (Å²) >= 11 is 0. The van der Waals surface area contributed by atoms with E-state index in [4.69, 9.17) is 4.74 Å². The molecular formula is C28H27NO3. The number of amides is 1. The molecule has 2 unspecified atom stereocenters. The Bertz CT molecular complexity index is 1090. The summed E-state index contributed by atoms with van der Waals surface area (Å²) in [7, 11) is 1.36. The van der Waals surface area contributed by atoms with Crippen LogP contribution in [0.25, 0.3) is 6.08 Å². The number of para-hydroxylation sites is 1. The number of aryl methyl sites for hydroxylation is 1. The van der Waals surface area contributed by atoms with Crippen LogP contribution in [0.3, 0.4) is 0 Å². The van der Waals surface area contributed by atoms with Crippen molar-refractivity contribution in [2.75, 3.05) is 12.0 Å². The van der Waals surface area contributed by atoms with Crippen molar-refractivity contribution >= 4 is 23.6 Å². The van der Waals surface area contributed by atoms with Gasteiger partial charge in [-0.2, -0.15) is 0 Å². The lowest BCUT2D eigenvalue weighted by Crippen LogP contribution is -2.55. The Balaban J connectivity index is 1.56. The monoisotopic (exact) mass is 425 g/mol. The van der Waals surface area contributed by atoms with E-state index in [9.17, 15) is 9.59 Å². The number of esters is 1. The molecule has 32 heavy (non-hydrogen) atoms. The van der Waals surface area contributed by atoms with Crippen molar-refractivity contribution in [3.05, 3.63) is 108 Å². The molecule has 0 aromatic heterocycles. The first-order chi connectivity index (χ1) is 15.7. The number of benzene rings is 3. The van der Waals surface area contributed by atoms with Crippen LogP contribution in [0.15, 0.2) is 91.0 Å². The van der Waals surface area contributed by atoms with E-state index in [1.807, 2.05) is 53.4 Å². The molecule has 0 bridgehead atoms. The maximum Gasteiger partial charge on any atom is 0.330 e. The van der Waals surface area contributed by atoms with E-state index >= 15 is 0 Å². The van der Waals surface area contributed by atoms with Gasteiger partial charge in [-0.15, -0.1) is 0 Å². The Labute approximate surface area is 189 Å². The van der Waals surface area contributed by atoms with Gasteiger partial charge in [0.05, 0.1) is 19.1 Å². The van der Waals surface area contributed by atoms with Crippen molar-refractivity contribution < 1.29 is 14.3 Å². The van der Waals surface area contributed by atoms with E-state index in [0.717, 1.165) is 36.1 Å². The first-order valence-electron chi connectivity index (χ1n) is 11.0. The standard InChI is InChI=1S/C28H27NO3/c1-32-26(30)19-18-22-13-8-14-23(20-22)27-25(17-9-12-21-10-4-2-5-11-21)28(31)29(27)24-15-6-3-7-16-24/h2-8,10-11,13-16,18-20,25,27H,9,12,17H2,1H3. The molecule has 0 saturated carbocycles. The van der Waals surface area contributed by atoms with Crippen molar-refractivity contribution in [3.63, 3.8) is 0 Å². The molecule has 2 atom stereocenters. The molecule has 1 aliphatic rings. The molecule has 3 aromatic rings. The molecule has 162 valence electrons. The fourth-order valence-corrected chi connectivity index (χ4v) is 4.34. The number of hydrogen-bond donors (Lipinski definition) is 0. The lowest BCUT2D eigenvalue weighted by Gasteiger charge is -2.48. The maximum atomic E-state index is 13.2. The topological polar surface area (TPSA) is 46.6 Å².